The van der Waals surface area contributed by atoms with Crippen molar-refractivity contribution in [3.8, 4) is 0 Å². The van der Waals surface area contributed by atoms with Crippen LogP contribution in [0.3, 0.4) is 0 Å². The molecule has 0 aliphatic carbocycles. The van der Waals surface area contributed by atoms with Crippen LogP contribution >= 0.6 is 0 Å². The molecule has 0 rings (SSSR count). The van der Waals surface area contributed by atoms with Crippen LogP contribution in [0, 0.1) is 0 Å². The molecule has 0 spiro atoms. The number of esters is 3. The van der Waals surface area contributed by atoms with Crippen LogP contribution in [0.5, 0.6) is 0 Å². The van der Waals surface area contributed by atoms with E-state index in [-0.39, 0.29) is 38.0 Å². The molecule has 0 aliphatic rings. The zero-order valence-corrected chi connectivity index (χ0v) is 38.0. The summed E-state index contributed by atoms with van der Waals surface area (Å²) in [5.41, 5.74) is 0. The second-order valence-electron chi connectivity index (χ2n) is 15.3. The van der Waals surface area contributed by atoms with Gasteiger partial charge in [0.25, 0.3) is 0 Å². The molecule has 0 amide bonds. The molecule has 0 saturated carbocycles. The Kier molecular flexibility index (Phi) is 44.1. The molecule has 0 fully saturated rings. The standard InChI is InChI=1S/C53H86O6/c1-4-7-10-13-16-19-21-23-25-26-28-29-31-34-37-40-43-46-52(55)58-49-50(48-57-51(54)45-42-39-36-33-18-15-12-9-6-3)59-53(56)47-44-41-38-35-32-30-27-24-22-20-17-14-11-8-5-2/h9,12,16,18-20,22-23,25,28-29,33-34,37,39,42,50H,4-8,10-11,13-15,17,21,24,26-27,30-32,35-36,38,40-41,43-49H2,1-3H3/b12-9-,19-16-,22-20-,25-23-,29-28-,33-18-,37-34-,42-39-. The lowest BCUT2D eigenvalue weighted by Gasteiger charge is -2.18. The van der Waals surface area contributed by atoms with Crippen molar-refractivity contribution in [2.45, 2.75) is 207 Å². The maximum absolute atomic E-state index is 12.7. The number of carbonyl (C=O) groups is 3. The van der Waals surface area contributed by atoms with Crippen molar-refractivity contribution in [3.63, 3.8) is 0 Å². The first-order valence-corrected chi connectivity index (χ1v) is 23.7. The lowest BCUT2D eigenvalue weighted by molar-refractivity contribution is -0.166. The minimum absolute atomic E-state index is 0.122. The zero-order chi connectivity index (χ0) is 43.0. The lowest BCUT2D eigenvalue weighted by atomic mass is 10.1. The van der Waals surface area contributed by atoms with E-state index in [1.165, 1.54) is 89.9 Å². The van der Waals surface area contributed by atoms with Gasteiger partial charge in [0.15, 0.2) is 6.10 Å². The molecule has 0 aromatic carbocycles. The highest BCUT2D eigenvalue weighted by Crippen LogP contribution is 2.12. The van der Waals surface area contributed by atoms with Crippen LogP contribution in [0.1, 0.15) is 201 Å². The van der Waals surface area contributed by atoms with Gasteiger partial charge in [0, 0.05) is 12.8 Å². The summed E-state index contributed by atoms with van der Waals surface area (Å²) in [6.45, 7) is 6.31. The molecule has 0 aromatic rings. The van der Waals surface area contributed by atoms with Gasteiger partial charge in [0.2, 0.25) is 0 Å². The quantitative estimate of drug-likeness (QED) is 0.0265. The van der Waals surface area contributed by atoms with Crippen LogP contribution in [0.2, 0.25) is 0 Å². The molecule has 0 N–H and O–H groups in total. The van der Waals surface area contributed by atoms with Gasteiger partial charge in [-0.25, -0.2) is 0 Å². The molecule has 59 heavy (non-hydrogen) atoms. The Labute approximate surface area is 362 Å². The predicted octanol–water partition coefficient (Wildman–Crippen LogP) is 15.4. The van der Waals surface area contributed by atoms with Gasteiger partial charge >= 0.3 is 17.9 Å². The normalized spacial score (nSPS) is 12.9. The lowest BCUT2D eigenvalue weighted by Crippen LogP contribution is -2.30. The van der Waals surface area contributed by atoms with Crippen LogP contribution < -0.4 is 0 Å². The van der Waals surface area contributed by atoms with Crippen LogP contribution in [-0.2, 0) is 28.6 Å². The Hall–Kier alpha value is -3.67. The van der Waals surface area contributed by atoms with Gasteiger partial charge in [0.1, 0.15) is 13.2 Å². The third-order valence-corrected chi connectivity index (χ3v) is 9.57. The number of hydrogen-bond acceptors (Lipinski definition) is 6. The maximum atomic E-state index is 12.7. The molecule has 0 aliphatic heterocycles. The monoisotopic (exact) mass is 819 g/mol. The van der Waals surface area contributed by atoms with Crippen molar-refractivity contribution in [1.29, 1.82) is 0 Å². The van der Waals surface area contributed by atoms with Gasteiger partial charge in [0.05, 0.1) is 6.42 Å². The van der Waals surface area contributed by atoms with E-state index in [9.17, 15) is 14.4 Å². The van der Waals surface area contributed by atoms with Crippen molar-refractivity contribution in [1.82, 2.24) is 0 Å². The summed E-state index contributed by atoms with van der Waals surface area (Å²) >= 11 is 0. The van der Waals surface area contributed by atoms with E-state index < -0.39 is 12.1 Å². The predicted molar refractivity (Wildman–Crippen MR) is 251 cm³/mol. The van der Waals surface area contributed by atoms with Gasteiger partial charge in [-0.05, 0) is 96.3 Å². The van der Waals surface area contributed by atoms with E-state index in [1.807, 2.05) is 6.08 Å². The summed E-state index contributed by atoms with van der Waals surface area (Å²) < 4.78 is 16.6. The van der Waals surface area contributed by atoms with Gasteiger partial charge in [-0.15, -0.1) is 0 Å². The number of allylic oxidation sites excluding steroid dienone is 15. The second kappa shape index (κ2) is 47.0. The smallest absolute Gasteiger partial charge is 0.309 e. The summed E-state index contributed by atoms with van der Waals surface area (Å²) in [5, 5.41) is 0. The summed E-state index contributed by atoms with van der Waals surface area (Å²) in [4.78, 5) is 37.7. The number of hydrogen-bond donors (Lipinski definition) is 0. The van der Waals surface area contributed by atoms with Gasteiger partial charge < -0.3 is 14.2 Å². The molecular weight excluding hydrogens is 733 g/mol. The van der Waals surface area contributed by atoms with Crippen LogP contribution in [0.25, 0.3) is 0 Å². The minimum atomic E-state index is -0.836. The molecule has 0 heterocycles. The zero-order valence-electron chi connectivity index (χ0n) is 38.0. The maximum Gasteiger partial charge on any atom is 0.309 e. The molecule has 0 aromatic heterocycles. The van der Waals surface area contributed by atoms with Gasteiger partial charge in [-0.1, -0.05) is 182 Å². The molecule has 0 radical (unpaired) electrons. The largest absolute Gasteiger partial charge is 0.462 e. The Bertz CT molecular complexity index is 1220. The van der Waals surface area contributed by atoms with E-state index >= 15 is 0 Å². The number of carbonyl (C=O) groups excluding carboxylic acids is 3. The average molecular weight is 819 g/mol. The highest BCUT2D eigenvalue weighted by atomic mass is 16.6. The summed E-state index contributed by atoms with van der Waals surface area (Å²) in [7, 11) is 0. The highest BCUT2D eigenvalue weighted by molar-refractivity contribution is 5.72. The first kappa shape index (κ1) is 55.3. The van der Waals surface area contributed by atoms with Crippen molar-refractivity contribution in [2.75, 3.05) is 13.2 Å². The average Bonchev–Trinajstić information content (AvgIpc) is 3.23. The van der Waals surface area contributed by atoms with Gasteiger partial charge in [-0.3, -0.25) is 14.4 Å². The molecule has 0 saturated heterocycles. The van der Waals surface area contributed by atoms with Crippen molar-refractivity contribution < 1.29 is 28.6 Å². The van der Waals surface area contributed by atoms with Crippen molar-refractivity contribution in [2.24, 2.45) is 0 Å². The topological polar surface area (TPSA) is 78.9 Å². The van der Waals surface area contributed by atoms with E-state index in [1.54, 1.807) is 6.08 Å². The highest BCUT2D eigenvalue weighted by Gasteiger charge is 2.19. The van der Waals surface area contributed by atoms with Crippen molar-refractivity contribution in [3.05, 3.63) is 97.2 Å². The van der Waals surface area contributed by atoms with Crippen LogP contribution in [0.15, 0.2) is 97.2 Å². The fourth-order valence-corrected chi connectivity index (χ4v) is 6.02. The SMILES string of the molecule is CC/C=C\C/C=C\C/C=C\CC(=O)OCC(COC(=O)CCC/C=C\C/C=C\C/C=C\C/C=C\CCCCC)OC(=O)CCCCCCCCC/C=C\CCCCCC. The van der Waals surface area contributed by atoms with E-state index in [4.69, 9.17) is 14.2 Å². The number of ether oxygens (including phenoxy) is 3. The summed E-state index contributed by atoms with van der Waals surface area (Å²) in [6, 6.07) is 0. The summed E-state index contributed by atoms with van der Waals surface area (Å²) in [5.74, 6) is -1.13. The third-order valence-electron chi connectivity index (χ3n) is 9.57. The minimum Gasteiger partial charge on any atom is -0.462 e. The molecule has 6 heteroatoms. The molecule has 6 nitrogen and oxygen atoms in total. The molecule has 0 bridgehead atoms. The molecule has 334 valence electrons. The van der Waals surface area contributed by atoms with Crippen LogP contribution in [0.4, 0.5) is 0 Å². The second-order valence-corrected chi connectivity index (χ2v) is 15.3. The Morgan fingerprint density at radius 2 is 0.746 bits per heavy atom. The molecule has 1 atom stereocenters. The van der Waals surface area contributed by atoms with Crippen molar-refractivity contribution >= 4 is 17.9 Å². The van der Waals surface area contributed by atoms with E-state index in [0.717, 1.165) is 64.2 Å². The third kappa shape index (κ3) is 45.3. The Morgan fingerprint density at radius 3 is 1.29 bits per heavy atom. The molecular formula is C53H86O6. The Morgan fingerprint density at radius 1 is 0.373 bits per heavy atom. The van der Waals surface area contributed by atoms with E-state index in [0.29, 0.717) is 12.8 Å². The first-order chi connectivity index (χ1) is 29.0. The summed E-state index contributed by atoms with van der Waals surface area (Å²) in [6.07, 6.45) is 61.4. The first-order valence-electron chi connectivity index (χ1n) is 23.7. The number of rotatable bonds is 41. The Balaban J connectivity index is 4.51. The molecule has 1 unspecified atom stereocenters. The van der Waals surface area contributed by atoms with E-state index in [2.05, 4.69) is 106 Å². The number of unbranched alkanes of at least 4 members (excludes halogenated alkanes) is 15. The fourth-order valence-electron chi connectivity index (χ4n) is 6.02. The fraction of sp³-hybridized carbons (Fsp3) is 0.642. The van der Waals surface area contributed by atoms with Crippen LogP contribution in [-0.4, -0.2) is 37.2 Å². The van der Waals surface area contributed by atoms with Gasteiger partial charge in [-0.2, -0.15) is 0 Å².